The predicted octanol–water partition coefficient (Wildman–Crippen LogP) is 1.26. The third kappa shape index (κ3) is 4.43. The van der Waals surface area contributed by atoms with Crippen LogP contribution in [0.2, 0.25) is 0 Å². The molecule has 1 radical (unpaired) electrons. The van der Waals surface area contributed by atoms with E-state index in [-0.39, 0.29) is 5.60 Å². The molecular formula is C7H15O2. The Morgan fingerprint density at radius 3 is 2.33 bits per heavy atom. The van der Waals surface area contributed by atoms with Crippen molar-refractivity contribution >= 4 is 0 Å². The maximum atomic E-state index is 5.23. The third-order valence-corrected chi connectivity index (χ3v) is 0.985. The first kappa shape index (κ1) is 8.92. The van der Waals surface area contributed by atoms with Gasteiger partial charge in [-0.15, -0.1) is 0 Å². The zero-order chi connectivity index (χ0) is 7.33. The molecule has 0 aromatic carbocycles. The van der Waals surface area contributed by atoms with Gasteiger partial charge in [0, 0.05) is 13.7 Å². The monoisotopic (exact) mass is 131 g/mol. The van der Waals surface area contributed by atoms with Crippen molar-refractivity contribution in [3.8, 4) is 0 Å². The molecular weight excluding hydrogens is 116 g/mol. The first-order valence-corrected chi connectivity index (χ1v) is 3.04. The van der Waals surface area contributed by atoms with Gasteiger partial charge in [-0.3, -0.25) is 0 Å². The molecule has 0 N–H and O–H groups in total. The molecule has 0 fully saturated rings. The van der Waals surface area contributed by atoms with Crippen molar-refractivity contribution in [3.05, 3.63) is 6.92 Å². The Labute approximate surface area is 57.2 Å². The van der Waals surface area contributed by atoms with Crippen molar-refractivity contribution in [3.63, 3.8) is 0 Å². The largest absolute Gasteiger partial charge is 0.382 e. The van der Waals surface area contributed by atoms with Crippen LogP contribution in [-0.4, -0.2) is 25.9 Å². The van der Waals surface area contributed by atoms with Gasteiger partial charge in [-0.25, -0.2) is 0 Å². The Morgan fingerprint density at radius 1 is 1.44 bits per heavy atom. The van der Waals surface area contributed by atoms with Crippen LogP contribution in [0.15, 0.2) is 0 Å². The highest BCUT2D eigenvalue weighted by molar-refractivity contribution is 4.66. The maximum Gasteiger partial charge on any atom is 0.0858 e. The summed E-state index contributed by atoms with van der Waals surface area (Å²) in [5.74, 6) is 0. The van der Waals surface area contributed by atoms with Crippen LogP contribution in [0.3, 0.4) is 0 Å². The molecule has 0 aliphatic carbocycles. The van der Waals surface area contributed by atoms with Gasteiger partial charge in [-0.2, -0.15) is 0 Å². The summed E-state index contributed by atoms with van der Waals surface area (Å²) in [4.78, 5) is 0. The SMILES string of the molecule is [CH2]COC(C)(C)COC. The van der Waals surface area contributed by atoms with Gasteiger partial charge in [0.2, 0.25) is 0 Å². The fourth-order valence-corrected chi connectivity index (χ4v) is 0.666. The van der Waals surface area contributed by atoms with Crippen molar-refractivity contribution in [2.75, 3.05) is 20.3 Å². The predicted molar refractivity (Wildman–Crippen MR) is 37.3 cm³/mol. The Bertz CT molecular complexity index is 61.3. The highest BCUT2D eigenvalue weighted by Crippen LogP contribution is 2.07. The Kier molecular flexibility index (Phi) is 3.82. The molecule has 0 saturated carbocycles. The molecule has 55 valence electrons. The summed E-state index contributed by atoms with van der Waals surface area (Å²) in [6.45, 7) is 8.63. The van der Waals surface area contributed by atoms with E-state index in [4.69, 9.17) is 9.47 Å². The summed E-state index contributed by atoms with van der Waals surface area (Å²) in [6.07, 6.45) is 0. The highest BCUT2D eigenvalue weighted by atomic mass is 16.5. The first-order valence-electron chi connectivity index (χ1n) is 3.04. The Balaban J connectivity index is 3.43. The number of ether oxygens (including phenoxy) is 2. The summed E-state index contributed by atoms with van der Waals surface area (Å²) < 4.78 is 10.1. The van der Waals surface area contributed by atoms with Gasteiger partial charge < -0.3 is 9.47 Å². The van der Waals surface area contributed by atoms with Crippen LogP contribution in [0.5, 0.6) is 0 Å². The standard InChI is InChI=1S/C7H15O2/c1-5-9-7(2,3)6-8-4/h1,5-6H2,2-4H3. The molecule has 0 amide bonds. The molecule has 2 heteroatoms. The molecule has 0 saturated heterocycles. The zero-order valence-electron chi connectivity index (χ0n) is 6.44. The molecule has 0 aromatic rings. The lowest BCUT2D eigenvalue weighted by molar-refractivity contribution is -0.0536. The molecule has 0 rings (SSSR count). The van der Waals surface area contributed by atoms with Crippen LogP contribution >= 0.6 is 0 Å². The summed E-state index contributed by atoms with van der Waals surface area (Å²) in [5.41, 5.74) is -0.184. The van der Waals surface area contributed by atoms with Crippen LogP contribution in [0, 0.1) is 6.92 Å². The van der Waals surface area contributed by atoms with Crippen LogP contribution < -0.4 is 0 Å². The molecule has 0 aliphatic rings. The minimum absolute atomic E-state index is 0.184. The van der Waals surface area contributed by atoms with E-state index in [9.17, 15) is 0 Å². The Hall–Kier alpha value is -0.0800. The second-order valence-corrected chi connectivity index (χ2v) is 2.54. The molecule has 0 spiro atoms. The number of hydrogen-bond donors (Lipinski definition) is 0. The third-order valence-electron chi connectivity index (χ3n) is 0.985. The number of rotatable bonds is 4. The number of methoxy groups -OCH3 is 1. The minimum Gasteiger partial charge on any atom is -0.382 e. The quantitative estimate of drug-likeness (QED) is 0.572. The van der Waals surface area contributed by atoms with Gasteiger partial charge in [0.1, 0.15) is 0 Å². The van der Waals surface area contributed by atoms with E-state index in [1.807, 2.05) is 13.8 Å². The van der Waals surface area contributed by atoms with E-state index in [0.717, 1.165) is 0 Å². The van der Waals surface area contributed by atoms with Gasteiger partial charge in [0.15, 0.2) is 0 Å². The maximum absolute atomic E-state index is 5.23. The fourth-order valence-electron chi connectivity index (χ4n) is 0.666. The minimum atomic E-state index is -0.184. The highest BCUT2D eigenvalue weighted by Gasteiger charge is 2.15. The van der Waals surface area contributed by atoms with Crippen molar-refractivity contribution in [1.82, 2.24) is 0 Å². The van der Waals surface area contributed by atoms with E-state index in [1.54, 1.807) is 7.11 Å². The summed E-state index contributed by atoms with van der Waals surface area (Å²) >= 11 is 0. The van der Waals surface area contributed by atoms with Gasteiger partial charge in [0.25, 0.3) is 0 Å². The van der Waals surface area contributed by atoms with E-state index in [2.05, 4.69) is 6.92 Å². The van der Waals surface area contributed by atoms with E-state index in [1.165, 1.54) is 0 Å². The molecule has 0 bridgehead atoms. The molecule has 0 aromatic heterocycles. The lowest BCUT2D eigenvalue weighted by Gasteiger charge is -2.22. The van der Waals surface area contributed by atoms with Crippen molar-refractivity contribution in [1.29, 1.82) is 0 Å². The molecule has 0 heterocycles. The lowest BCUT2D eigenvalue weighted by atomic mass is 10.1. The molecule has 0 atom stereocenters. The second kappa shape index (κ2) is 3.85. The van der Waals surface area contributed by atoms with Gasteiger partial charge >= 0.3 is 0 Å². The normalized spacial score (nSPS) is 12.0. The molecule has 2 nitrogen and oxygen atoms in total. The summed E-state index contributed by atoms with van der Waals surface area (Å²) in [7, 11) is 1.66. The molecule has 9 heavy (non-hydrogen) atoms. The van der Waals surface area contributed by atoms with Gasteiger partial charge in [-0.1, -0.05) is 0 Å². The summed E-state index contributed by atoms with van der Waals surface area (Å²) in [5, 5.41) is 0. The van der Waals surface area contributed by atoms with Gasteiger partial charge in [-0.05, 0) is 20.8 Å². The van der Waals surface area contributed by atoms with Crippen molar-refractivity contribution < 1.29 is 9.47 Å². The average Bonchev–Trinajstić information content (AvgIpc) is 1.64. The zero-order valence-corrected chi connectivity index (χ0v) is 6.44. The van der Waals surface area contributed by atoms with Crippen LogP contribution in [0.25, 0.3) is 0 Å². The average molecular weight is 131 g/mol. The van der Waals surface area contributed by atoms with Crippen LogP contribution in [0.1, 0.15) is 13.8 Å². The number of hydrogen-bond acceptors (Lipinski definition) is 2. The lowest BCUT2D eigenvalue weighted by Crippen LogP contribution is -2.29. The van der Waals surface area contributed by atoms with E-state index < -0.39 is 0 Å². The first-order chi connectivity index (χ1) is 4.12. The summed E-state index contributed by atoms with van der Waals surface area (Å²) in [6, 6.07) is 0. The fraction of sp³-hybridized carbons (Fsp3) is 0.857. The smallest absolute Gasteiger partial charge is 0.0858 e. The second-order valence-electron chi connectivity index (χ2n) is 2.54. The van der Waals surface area contributed by atoms with Crippen molar-refractivity contribution in [2.45, 2.75) is 19.4 Å². The topological polar surface area (TPSA) is 18.5 Å². The van der Waals surface area contributed by atoms with E-state index in [0.29, 0.717) is 13.2 Å². The van der Waals surface area contributed by atoms with Gasteiger partial charge in [0.05, 0.1) is 12.2 Å². The Morgan fingerprint density at radius 2 is 2.00 bits per heavy atom. The van der Waals surface area contributed by atoms with Crippen LogP contribution in [0.4, 0.5) is 0 Å². The van der Waals surface area contributed by atoms with Crippen molar-refractivity contribution in [2.24, 2.45) is 0 Å². The molecule has 0 aliphatic heterocycles. The van der Waals surface area contributed by atoms with Crippen LogP contribution in [-0.2, 0) is 9.47 Å². The van der Waals surface area contributed by atoms with E-state index >= 15 is 0 Å². The molecule has 0 unspecified atom stereocenters.